The summed E-state index contributed by atoms with van der Waals surface area (Å²) < 4.78 is 10.8. The molecule has 0 saturated carbocycles. The molecule has 0 atom stereocenters. The van der Waals surface area contributed by atoms with Gasteiger partial charge in [0.05, 0.1) is 18.4 Å². The number of nitrogens with one attached hydrogen (secondary N) is 1. The van der Waals surface area contributed by atoms with Gasteiger partial charge in [-0.05, 0) is 42.5 Å². The number of benzene rings is 2. The Bertz CT molecular complexity index is 805. The summed E-state index contributed by atoms with van der Waals surface area (Å²) in [6, 6.07) is 14.3. The van der Waals surface area contributed by atoms with Crippen LogP contribution in [0.25, 0.3) is 10.9 Å². The molecular weight excluding hydrogens is 282 g/mol. The van der Waals surface area contributed by atoms with E-state index in [4.69, 9.17) is 9.47 Å². The highest BCUT2D eigenvalue weighted by Gasteiger charge is 2.10. The Hall–Kier alpha value is -2.95. The van der Waals surface area contributed by atoms with E-state index < -0.39 is 5.97 Å². The SMILES string of the molecule is COc1ccc(OCc2cc3c(C(=O)O)cccc3[nH]2)cc1. The van der Waals surface area contributed by atoms with Crippen LogP contribution in [0.4, 0.5) is 0 Å². The summed E-state index contributed by atoms with van der Waals surface area (Å²) >= 11 is 0. The highest BCUT2D eigenvalue weighted by Crippen LogP contribution is 2.22. The van der Waals surface area contributed by atoms with Gasteiger partial charge in [-0.1, -0.05) is 6.07 Å². The van der Waals surface area contributed by atoms with Crippen LogP contribution in [0.5, 0.6) is 11.5 Å². The summed E-state index contributed by atoms with van der Waals surface area (Å²) in [5.74, 6) is 0.550. The summed E-state index contributed by atoms with van der Waals surface area (Å²) in [5.41, 5.74) is 1.89. The lowest BCUT2D eigenvalue weighted by Gasteiger charge is -2.05. The summed E-state index contributed by atoms with van der Waals surface area (Å²) in [4.78, 5) is 14.4. The number of fused-ring (bicyclic) bond motifs is 1. The number of H-pyrrole nitrogens is 1. The molecule has 1 aromatic heterocycles. The van der Waals surface area contributed by atoms with Crippen molar-refractivity contribution < 1.29 is 19.4 Å². The van der Waals surface area contributed by atoms with Gasteiger partial charge in [-0.15, -0.1) is 0 Å². The molecule has 3 aromatic rings. The van der Waals surface area contributed by atoms with E-state index in [2.05, 4.69) is 4.98 Å². The minimum Gasteiger partial charge on any atom is -0.497 e. The van der Waals surface area contributed by atoms with Crippen molar-refractivity contribution in [2.45, 2.75) is 6.61 Å². The van der Waals surface area contributed by atoms with Gasteiger partial charge >= 0.3 is 5.97 Å². The number of carboxylic acids is 1. The van der Waals surface area contributed by atoms with Crippen molar-refractivity contribution in [3.63, 3.8) is 0 Å². The van der Waals surface area contributed by atoms with E-state index in [0.29, 0.717) is 12.0 Å². The van der Waals surface area contributed by atoms with Gasteiger partial charge in [-0.3, -0.25) is 0 Å². The average molecular weight is 297 g/mol. The molecule has 2 N–H and O–H groups in total. The van der Waals surface area contributed by atoms with Crippen molar-refractivity contribution in [2.24, 2.45) is 0 Å². The van der Waals surface area contributed by atoms with Gasteiger partial charge in [0.2, 0.25) is 0 Å². The van der Waals surface area contributed by atoms with Crippen LogP contribution < -0.4 is 9.47 Å². The number of rotatable bonds is 5. The van der Waals surface area contributed by atoms with Gasteiger partial charge in [0.15, 0.2) is 0 Å². The highest BCUT2D eigenvalue weighted by atomic mass is 16.5. The van der Waals surface area contributed by atoms with Crippen LogP contribution in [0.15, 0.2) is 48.5 Å². The van der Waals surface area contributed by atoms with Gasteiger partial charge < -0.3 is 19.6 Å². The third-order valence-electron chi connectivity index (χ3n) is 3.40. The highest BCUT2D eigenvalue weighted by molar-refractivity contribution is 6.03. The molecule has 0 fully saturated rings. The quantitative estimate of drug-likeness (QED) is 0.756. The zero-order valence-electron chi connectivity index (χ0n) is 12.0. The Morgan fingerprint density at radius 2 is 1.86 bits per heavy atom. The van der Waals surface area contributed by atoms with Crippen molar-refractivity contribution in [1.29, 1.82) is 0 Å². The molecule has 112 valence electrons. The molecule has 0 bridgehead atoms. The van der Waals surface area contributed by atoms with Crippen LogP contribution >= 0.6 is 0 Å². The Morgan fingerprint density at radius 1 is 1.14 bits per heavy atom. The van der Waals surface area contributed by atoms with E-state index >= 15 is 0 Å². The first kappa shape index (κ1) is 14.0. The van der Waals surface area contributed by atoms with Gasteiger partial charge in [0.25, 0.3) is 0 Å². The predicted molar refractivity (Wildman–Crippen MR) is 82.6 cm³/mol. The fraction of sp³-hybridized carbons (Fsp3) is 0.118. The van der Waals surface area contributed by atoms with E-state index in [0.717, 1.165) is 22.7 Å². The molecule has 5 heteroatoms. The molecule has 0 amide bonds. The maximum absolute atomic E-state index is 11.2. The largest absolute Gasteiger partial charge is 0.497 e. The second-order valence-electron chi connectivity index (χ2n) is 4.83. The molecule has 0 aliphatic rings. The van der Waals surface area contributed by atoms with Crippen LogP contribution in [0.2, 0.25) is 0 Å². The summed E-state index contributed by atoms with van der Waals surface area (Å²) in [6.45, 7) is 0.333. The zero-order valence-corrected chi connectivity index (χ0v) is 12.0. The lowest BCUT2D eigenvalue weighted by atomic mass is 10.1. The number of ether oxygens (including phenoxy) is 2. The Balaban J connectivity index is 1.79. The molecule has 22 heavy (non-hydrogen) atoms. The smallest absolute Gasteiger partial charge is 0.336 e. The lowest BCUT2D eigenvalue weighted by molar-refractivity contribution is 0.0699. The molecule has 0 unspecified atom stereocenters. The second-order valence-corrected chi connectivity index (χ2v) is 4.83. The van der Waals surface area contributed by atoms with Gasteiger partial charge in [-0.25, -0.2) is 4.79 Å². The van der Waals surface area contributed by atoms with Crippen LogP contribution in [0.1, 0.15) is 16.1 Å². The average Bonchev–Trinajstić information content (AvgIpc) is 2.96. The predicted octanol–water partition coefficient (Wildman–Crippen LogP) is 3.45. The van der Waals surface area contributed by atoms with Crippen LogP contribution in [0, 0.1) is 0 Å². The standard InChI is InChI=1S/C17H15NO4/c1-21-12-5-7-13(8-6-12)22-10-11-9-15-14(17(19)20)3-2-4-16(15)18-11/h2-9,18H,10H2,1H3,(H,19,20). The fourth-order valence-electron chi connectivity index (χ4n) is 2.31. The number of methoxy groups -OCH3 is 1. The maximum Gasteiger partial charge on any atom is 0.336 e. The lowest BCUT2D eigenvalue weighted by Crippen LogP contribution is -1.96. The minimum absolute atomic E-state index is 0.282. The number of hydrogen-bond acceptors (Lipinski definition) is 3. The number of carboxylic acid groups (broad SMARTS) is 1. The Morgan fingerprint density at radius 3 is 2.55 bits per heavy atom. The van der Waals surface area contributed by atoms with Crippen molar-refractivity contribution >= 4 is 16.9 Å². The van der Waals surface area contributed by atoms with E-state index in [-0.39, 0.29) is 5.56 Å². The Labute approximate surface area is 127 Å². The molecule has 2 aromatic carbocycles. The number of aromatic amines is 1. The minimum atomic E-state index is -0.938. The number of hydrogen-bond donors (Lipinski definition) is 2. The first-order valence-corrected chi connectivity index (χ1v) is 6.78. The monoisotopic (exact) mass is 297 g/mol. The topological polar surface area (TPSA) is 71.6 Å². The van der Waals surface area contributed by atoms with Crippen molar-refractivity contribution in [3.05, 3.63) is 59.8 Å². The van der Waals surface area contributed by atoms with Gasteiger partial charge in [0, 0.05) is 10.9 Å². The fourth-order valence-corrected chi connectivity index (χ4v) is 2.31. The normalized spacial score (nSPS) is 10.6. The zero-order chi connectivity index (χ0) is 15.5. The number of carbonyl (C=O) groups is 1. The van der Waals surface area contributed by atoms with E-state index in [1.165, 1.54) is 0 Å². The third kappa shape index (κ3) is 2.74. The molecule has 1 heterocycles. The van der Waals surface area contributed by atoms with E-state index in [1.807, 2.05) is 36.4 Å². The first-order chi connectivity index (χ1) is 10.7. The molecule has 5 nitrogen and oxygen atoms in total. The van der Waals surface area contributed by atoms with Gasteiger partial charge in [0.1, 0.15) is 18.1 Å². The van der Waals surface area contributed by atoms with Crippen LogP contribution in [-0.2, 0) is 6.61 Å². The van der Waals surface area contributed by atoms with Crippen molar-refractivity contribution in [2.75, 3.05) is 7.11 Å². The van der Waals surface area contributed by atoms with Crippen molar-refractivity contribution in [1.82, 2.24) is 4.98 Å². The molecule has 0 saturated heterocycles. The maximum atomic E-state index is 11.2. The first-order valence-electron chi connectivity index (χ1n) is 6.78. The summed E-state index contributed by atoms with van der Waals surface area (Å²) in [5, 5.41) is 9.88. The Kier molecular flexibility index (Phi) is 3.70. The third-order valence-corrected chi connectivity index (χ3v) is 3.40. The van der Waals surface area contributed by atoms with E-state index in [9.17, 15) is 9.90 Å². The van der Waals surface area contributed by atoms with Crippen LogP contribution in [0.3, 0.4) is 0 Å². The molecule has 3 rings (SSSR count). The molecular formula is C17H15NO4. The second kappa shape index (κ2) is 5.81. The molecule has 0 aliphatic carbocycles. The number of aromatic nitrogens is 1. The van der Waals surface area contributed by atoms with E-state index in [1.54, 1.807) is 19.2 Å². The molecule has 0 spiro atoms. The molecule has 0 radical (unpaired) electrons. The number of aromatic carboxylic acids is 1. The van der Waals surface area contributed by atoms with Crippen molar-refractivity contribution in [3.8, 4) is 11.5 Å². The van der Waals surface area contributed by atoms with Crippen LogP contribution in [-0.4, -0.2) is 23.2 Å². The summed E-state index contributed by atoms with van der Waals surface area (Å²) in [7, 11) is 1.61. The summed E-state index contributed by atoms with van der Waals surface area (Å²) in [6.07, 6.45) is 0. The molecule has 0 aliphatic heterocycles. The van der Waals surface area contributed by atoms with Gasteiger partial charge in [-0.2, -0.15) is 0 Å².